The van der Waals surface area contributed by atoms with Gasteiger partial charge in [0.15, 0.2) is 0 Å². The van der Waals surface area contributed by atoms with Gasteiger partial charge >= 0.3 is 6.09 Å². The van der Waals surface area contributed by atoms with Crippen molar-refractivity contribution in [3.8, 4) is 0 Å². The first kappa shape index (κ1) is 8.81. The third kappa shape index (κ3) is 1.63. The van der Waals surface area contributed by atoms with Crippen LogP contribution in [0.5, 0.6) is 0 Å². The summed E-state index contributed by atoms with van der Waals surface area (Å²) < 4.78 is 4.96. The number of carbonyl (C=O) groups excluding carboxylic acids is 1. The molecular weight excluding hydrogens is 168 g/mol. The van der Waals surface area contributed by atoms with E-state index in [1.807, 2.05) is 11.8 Å². The van der Waals surface area contributed by atoms with Crippen molar-refractivity contribution in [3.05, 3.63) is 0 Å². The molecule has 0 spiro atoms. The van der Waals surface area contributed by atoms with Crippen molar-refractivity contribution in [2.24, 2.45) is 11.8 Å². The third-order valence-electron chi connectivity index (χ3n) is 2.92. The molecule has 2 aliphatic rings. The van der Waals surface area contributed by atoms with Crippen LogP contribution in [-0.4, -0.2) is 43.8 Å². The van der Waals surface area contributed by atoms with Crippen molar-refractivity contribution >= 4 is 6.09 Å². The minimum absolute atomic E-state index is 0.142. The van der Waals surface area contributed by atoms with Gasteiger partial charge in [0.1, 0.15) is 0 Å². The highest BCUT2D eigenvalue weighted by atomic mass is 16.6. The summed E-state index contributed by atoms with van der Waals surface area (Å²) in [5.41, 5.74) is 0. The average molecular weight is 184 g/mol. The molecule has 2 atom stereocenters. The summed E-state index contributed by atoms with van der Waals surface area (Å²) in [7, 11) is 0. The van der Waals surface area contributed by atoms with E-state index in [2.05, 4.69) is 5.32 Å². The summed E-state index contributed by atoms with van der Waals surface area (Å²) in [6, 6.07) is 0. The van der Waals surface area contributed by atoms with Crippen LogP contribution in [0.15, 0.2) is 0 Å². The van der Waals surface area contributed by atoms with Gasteiger partial charge in [-0.15, -0.1) is 0 Å². The molecule has 2 saturated heterocycles. The van der Waals surface area contributed by atoms with Crippen LogP contribution in [0, 0.1) is 11.8 Å². The van der Waals surface area contributed by atoms with Crippen LogP contribution in [0.3, 0.4) is 0 Å². The Morgan fingerprint density at radius 3 is 2.62 bits per heavy atom. The molecule has 2 aliphatic heterocycles. The van der Waals surface area contributed by atoms with Crippen molar-refractivity contribution in [1.82, 2.24) is 10.2 Å². The van der Waals surface area contributed by atoms with E-state index in [1.165, 1.54) is 0 Å². The lowest BCUT2D eigenvalue weighted by molar-refractivity contribution is 0.113. The highest BCUT2D eigenvalue weighted by Gasteiger charge is 2.38. The monoisotopic (exact) mass is 184 g/mol. The molecule has 74 valence electrons. The van der Waals surface area contributed by atoms with Crippen molar-refractivity contribution in [3.63, 3.8) is 0 Å². The smallest absolute Gasteiger partial charge is 0.409 e. The lowest BCUT2D eigenvalue weighted by Crippen LogP contribution is -2.32. The van der Waals surface area contributed by atoms with Crippen LogP contribution in [0.1, 0.15) is 6.92 Å². The Bertz CT molecular complexity index is 196. The van der Waals surface area contributed by atoms with Crippen LogP contribution in [0.4, 0.5) is 4.79 Å². The molecule has 2 rings (SSSR count). The topological polar surface area (TPSA) is 41.6 Å². The zero-order valence-corrected chi connectivity index (χ0v) is 7.95. The second kappa shape index (κ2) is 3.54. The van der Waals surface area contributed by atoms with Crippen molar-refractivity contribution in [2.75, 3.05) is 32.8 Å². The first-order valence-corrected chi connectivity index (χ1v) is 4.93. The van der Waals surface area contributed by atoms with E-state index in [1.54, 1.807) is 0 Å². The lowest BCUT2D eigenvalue weighted by Gasteiger charge is -2.16. The number of amides is 1. The van der Waals surface area contributed by atoms with E-state index in [0.717, 1.165) is 26.2 Å². The number of rotatable bonds is 1. The van der Waals surface area contributed by atoms with Crippen LogP contribution in [0.25, 0.3) is 0 Å². The van der Waals surface area contributed by atoms with Gasteiger partial charge in [-0.05, 0) is 18.8 Å². The van der Waals surface area contributed by atoms with Crippen molar-refractivity contribution < 1.29 is 9.53 Å². The van der Waals surface area contributed by atoms with Crippen molar-refractivity contribution in [2.45, 2.75) is 6.92 Å². The van der Waals surface area contributed by atoms with E-state index < -0.39 is 0 Å². The number of nitrogens with zero attached hydrogens (tertiary/aromatic N) is 1. The normalized spacial score (nSPS) is 31.9. The standard InChI is InChI=1S/C9H16N2O2/c1-2-13-9(12)11-5-7-3-10-4-8(7)6-11/h7-8,10H,2-6H2,1H3/t7-,8-/m0/s1. The third-order valence-corrected chi connectivity index (χ3v) is 2.92. The van der Waals surface area contributed by atoms with Gasteiger partial charge in [-0.25, -0.2) is 4.79 Å². The van der Waals surface area contributed by atoms with Crippen LogP contribution in [-0.2, 0) is 4.74 Å². The Kier molecular flexibility index (Phi) is 2.40. The number of fused-ring (bicyclic) bond motifs is 1. The van der Waals surface area contributed by atoms with E-state index >= 15 is 0 Å². The molecule has 1 amide bonds. The Labute approximate surface area is 78.2 Å². The Morgan fingerprint density at radius 1 is 1.46 bits per heavy atom. The number of hydrogen-bond acceptors (Lipinski definition) is 3. The van der Waals surface area contributed by atoms with Gasteiger partial charge < -0.3 is 15.0 Å². The van der Waals surface area contributed by atoms with Gasteiger partial charge in [-0.1, -0.05) is 0 Å². The summed E-state index contributed by atoms with van der Waals surface area (Å²) in [6.07, 6.45) is -0.142. The first-order valence-electron chi connectivity index (χ1n) is 4.93. The molecule has 2 fully saturated rings. The van der Waals surface area contributed by atoms with Crippen LogP contribution < -0.4 is 5.32 Å². The van der Waals surface area contributed by atoms with Gasteiger partial charge in [-0.2, -0.15) is 0 Å². The van der Waals surface area contributed by atoms with Gasteiger partial charge in [0.2, 0.25) is 0 Å². The molecule has 0 unspecified atom stereocenters. The molecule has 0 aromatic rings. The lowest BCUT2D eigenvalue weighted by atomic mass is 10.0. The molecular formula is C9H16N2O2. The highest BCUT2D eigenvalue weighted by molar-refractivity contribution is 5.68. The number of carbonyl (C=O) groups is 1. The Hall–Kier alpha value is -0.770. The van der Waals surface area contributed by atoms with Crippen molar-refractivity contribution in [1.29, 1.82) is 0 Å². The fourth-order valence-electron chi connectivity index (χ4n) is 2.22. The quantitative estimate of drug-likeness (QED) is 0.637. The van der Waals surface area contributed by atoms with E-state index in [9.17, 15) is 4.79 Å². The molecule has 2 heterocycles. The molecule has 0 saturated carbocycles. The molecule has 0 aromatic carbocycles. The van der Waals surface area contributed by atoms with Gasteiger partial charge in [0.05, 0.1) is 6.61 Å². The summed E-state index contributed by atoms with van der Waals surface area (Å²) >= 11 is 0. The summed E-state index contributed by atoms with van der Waals surface area (Å²) in [6.45, 7) is 6.17. The van der Waals surface area contributed by atoms with Gasteiger partial charge in [-0.3, -0.25) is 0 Å². The molecule has 4 heteroatoms. The van der Waals surface area contributed by atoms with E-state index in [-0.39, 0.29) is 6.09 Å². The molecule has 0 aliphatic carbocycles. The second-order valence-corrected chi connectivity index (χ2v) is 3.78. The number of nitrogens with one attached hydrogen (secondary N) is 1. The summed E-state index contributed by atoms with van der Waals surface area (Å²) in [4.78, 5) is 13.2. The maximum Gasteiger partial charge on any atom is 0.409 e. The summed E-state index contributed by atoms with van der Waals surface area (Å²) in [5.74, 6) is 1.31. The Balaban J connectivity index is 1.87. The number of likely N-dealkylation sites (tertiary alicyclic amines) is 1. The number of ether oxygens (including phenoxy) is 1. The maximum absolute atomic E-state index is 11.4. The minimum Gasteiger partial charge on any atom is -0.450 e. The molecule has 1 N–H and O–H groups in total. The average Bonchev–Trinajstić information content (AvgIpc) is 2.61. The largest absolute Gasteiger partial charge is 0.450 e. The predicted octanol–water partition coefficient (Wildman–Crippen LogP) is 0.294. The maximum atomic E-state index is 11.4. The predicted molar refractivity (Wildman–Crippen MR) is 48.4 cm³/mol. The SMILES string of the molecule is CCOC(=O)N1C[C@@H]2CNC[C@H]2C1. The zero-order valence-electron chi connectivity index (χ0n) is 7.95. The first-order chi connectivity index (χ1) is 6.31. The zero-order chi connectivity index (χ0) is 9.26. The van der Waals surface area contributed by atoms with Crippen LogP contribution in [0.2, 0.25) is 0 Å². The van der Waals surface area contributed by atoms with E-state index in [4.69, 9.17) is 4.74 Å². The molecule has 0 aromatic heterocycles. The fourth-order valence-corrected chi connectivity index (χ4v) is 2.22. The summed E-state index contributed by atoms with van der Waals surface area (Å²) in [5, 5.41) is 3.34. The van der Waals surface area contributed by atoms with Gasteiger partial charge in [0, 0.05) is 26.2 Å². The molecule has 0 radical (unpaired) electrons. The Morgan fingerprint density at radius 2 is 2.08 bits per heavy atom. The highest BCUT2D eigenvalue weighted by Crippen LogP contribution is 2.26. The molecule has 0 bridgehead atoms. The van der Waals surface area contributed by atoms with Crippen LogP contribution >= 0.6 is 0 Å². The second-order valence-electron chi connectivity index (χ2n) is 3.78. The molecule has 4 nitrogen and oxygen atoms in total. The van der Waals surface area contributed by atoms with E-state index in [0.29, 0.717) is 18.4 Å². The number of hydrogen-bond donors (Lipinski definition) is 1. The molecule has 13 heavy (non-hydrogen) atoms. The fraction of sp³-hybridized carbons (Fsp3) is 0.889. The minimum atomic E-state index is -0.142. The van der Waals surface area contributed by atoms with Gasteiger partial charge in [0.25, 0.3) is 0 Å².